The number of benzene rings is 1. The molecule has 0 aliphatic heterocycles. The molecule has 0 bridgehead atoms. The van der Waals surface area contributed by atoms with E-state index in [0.29, 0.717) is 16.6 Å². The average Bonchev–Trinajstić information content (AvgIpc) is 2.84. The quantitative estimate of drug-likeness (QED) is 0.669. The zero-order valence-corrected chi connectivity index (χ0v) is 11.5. The number of rotatable bonds is 5. The first-order valence-electron chi connectivity index (χ1n) is 5.98. The van der Waals surface area contributed by atoms with E-state index in [1.54, 1.807) is 12.1 Å². The Hall–Kier alpha value is -0.980. The van der Waals surface area contributed by atoms with Crippen LogP contribution in [0.2, 0.25) is 0 Å². The standard InChI is InChI=1S/C12H15BrN2O3/c13-10-6-5-9(12(7-10)15(16)17)8-14-18-11-3-1-2-4-11/h5-7,11,14H,1-4,8H2. The Morgan fingerprint density at radius 3 is 2.83 bits per heavy atom. The maximum atomic E-state index is 10.9. The highest BCUT2D eigenvalue weighted by atomic mass is 79.9. The molecule has 1 aromatic rings. The normalized spacial score (nSPS) is 16.1. The molecule has 0 heterocycles. The summed E-state index contributed by atoms with van der Waals surface area (Å²) in [7, 11) is 0. The maximum Gasteiger partial charge on any atom is 0.275 e. The summed E-state index contributed by atoms with van der Waals surface area (Å²) in [5.74, 6) is 0. The number of nitrogens with one attached hydrogen (secondary N) is 1. The van der Waals surface area contributed by atoms with Gasteiger partial charge in [-0.25, -0.2) is 0 Å². The molecule has 0 aromatic heterocycles. The van der Waals surface area contributed by atoms with Crippen molar-refractivity contribution < 1.29 is 9.76 Å². The van der Waals surface area contributed by atoms with Gasteiger partial charge in [0.1, 0.15) is 0 Å². The molecule has 1 aliphatic carbocycles. The minimum atomic E-state index is -0.378. The second kappa shape index (κ2) is 6.26. The Kier molecular flexibility index (Phi) is 4.68. The SMILES string of the molecule is O=[N+]([O-])c1cc(Br)ccc1CNOC1CCCC1. The number of nitro groups is 1. The number of hydroxylamine groups is 1. The molecule has 6 heteroatoms. The summed E-state index contributed by atoms with van der Waals surface area (Å²) in [6.45, 7) is 0.347. The topological polar surface area (TPSA) is 64.4 Å². The van der Waals surface area contributed by atoms with Crippen LogP contribution < -0.4 is 5.48 Å². The fourth-order valence-corrected chi connectivity index (χ4v) is 2.45. The Labute approximate surface area is 114 Å². The van der Waals surface area contributed by atoms with E-state index in [1.807, 2.05) is 0 Å². The third-order valence-electron chi connectivity index (χ3n) is 3.06. The maximum absolute atomic E-state index is 10.9. The highest BCUT2D eigenvalue weighted by Gasteiger charge is 2.17. The lowest BCUT2D eigenvalue weighted by Gasteiger charge is -2.11. The third kappa shape index (κ3) is 3.51. The van der Waals surface area contributed by atoms with Crippen LogP contribution in [-0.4, -0.2) is 11.0 Å². The zero-order chi connectivity index (χ0) is 13.0. The number of nitrogens with zero attached hydrogens (tertiary/aromatic N) is 1. The van der Waals surface area contributed by atoms with Crippen LogP contribution >= 0.6 is 15.9 Å². The van der Waals surface area contributed by atoms with Gasteiger partial charge in [-0.05, 0) is 25.0 Å². The summed E-state index contributed by atoms with van der Waals surface area (Å²) in [4.78, 5) is 16.0. The lowest BCUT2D eigenvalue weighted by molar-refractivity contribution is -0.385. The van der Waals surface area contributed by atoms with Crippen LogP contribution in [0.5, 0.6) is 0 Å². The van der Waals surface area contributed by atoms with Crippen LogP contribution in [0.1, 0.15) is 31.2 Å². The molecule has 18 heavy (non-hydrogen) atoms. The van der Waals surface area contributed by atoms with Crippen molar-refractivity contribution in [1.29, 1.82) is 0 Å². The Bertz CT molecular complexity index is 433. The monoisotopic (exact) mass is 314 g/mol. The molecule has 0 spiro atoms. The Morgan fingerprint density at radius 2 is 2.17 bits per heavy atom. The van der Waals surface area contributed by atoms with Gasteiger partial charge < -0.3 is 0 Å². The molecule has 0 radical (unpaired) electrons. The summed E-state index contributed by atoms with van der Waals surface area (Å²) >= 11 is 3.23. The van der Waals surface area contributed by atoms with Gasteiger partial charge in [-0.2, -0.15) is 5.48 Å². The van der Waals surface area contributed by atoms with Gasteiger partial charge in [0.05, 0.1) is 17.6 Å². The van der Waals surface area contributed by atoms with Gasteiger partial charge >= 0.3 is 0 Å². The van der Waals surface area contributed by atoms with Gasteiger partial charge in [0, 0.05) is 16.1 Å². The van der Waals surface area contributed by atoms with Crippen molar-refractivity contribution in [3.05, 3.63) is 38.3 Å². The van der Waals surface area contributed by atoms with Crippen LogP contribution in [0.3, 0.4) is 0 Å². The highest BCUT2D eigenvalue weighted by Crippen LogP contribution is 2.24. The molecule has 2 rings (SSSR count). The molecule has 98 valence electrons. The van der Waals surface area contributed by atoms with E-state index in [4.69, 9.17) is 4.84 Å². The second-order valence-electron chi connectivity index (χ2n) is 4.38. The summed E-state index contributed by atoms with van der Waals surface area (Å²) in [5, 5.41) is 10.9. The predicted molar refractivity (Wildman–Crippen MR) is 71.0 cm³/mol. The van der Waals surface area contributed by atoms with Crippen molar-refractivity contribution in [2.75, 3.05) is 0 Å². The van der Waals surface area contributed by atoms with Crippen LogP contribution in [-0.2, 0) is 11.4 Å². The summed E-state index contributed by atoms with van der Waals surface area (Å²) in [6.07, 6.45) is 4.78. The van der Waals surface area contributed by atoms with Gasteiger partial charge in [0.25, 0.3) is 5.69 Å². The minimum Gasteiger partial charge on any atom is -0.298 e. The van der Waals surface area contributed by atoms with Crippen molar-refractivity contribution in [2.24, 2.45) is 0 Å². The summed E-state index contributed by atoms with van der Waals surface area (Å²) in [6, 6.07) is 5.03. The van der Waals surface area contributed by atoms with E-state index < -0.39 is 0 Å². The zero-order valence-electron chi connectivity index (χ0n) is 9.89. The van der Waals surface area contributed by atoms with Crippen molar-refractivity contribution in [3.63, 3.8) is 0 Å². The van der Waals surface area contributed by atoms with Gasteiger partial charge in [-0.15, -0.1) is 0 Å². The van der Waals surface area contributed by atoms with E-state index in [9.17, 15) is 10.1 Å². The van der Waals surface area contributed by atoms with Gasteiger partial charge in [-0.1, -0.05) is 28.8 Å². The predicted octanol–water partition coefficient (Wildman–Crippen LogP) is 3.32. The van der Waals surface area contributed by atoms with Gasteiger partial charge in [0.2, 0.25) is 0 Å². The second-order valence-corrected chi connectivity index (χ2v) is 5.29. The van der Waals surface area contributed by atoms with Crippen LogP contribution in [0, 0.1) is 10.1 Å². The van der Waals surface area contributed by atoms with Crippen molar-refractivity contribution in [1.82, 2.24) is 5.48 Å². The molecule has 1 aliphatic rings. The number of hydrogen-bond acceptors (Lipinski definition) is 4. The van der Waals surface area contributed by atoms with Crippen LogP contribution in [0.4, 0.5) is 5.69 Å². The Morgan fingerprint density at radius 1 is 1.44 bits per heavy atom. The van der Waals surface area contributed by atoms with Gasteiger partial charge in [0.15, 0.2) is 0 Å². The lowest BCUT2D eigenvalue weighted by Crippen LogP contribution is -2.21. The van der Waals surface area contributed by atoms with Crippen molar-refractivity contribution in [3.8, 4) is 0 Å². The summed E-state index contributed by atoms with van der Waals surface area (Å²) < 4.78 is 0.703. The van der Waals surface area contributed by atoms with Crippen LogP contribution in [0.25, 0.3) is 0 Å². The first-order chi connectivity index (χ1) is 8.66. The van der Waals surface area contributed by atoms with E-state index in [0.717, 1.165) is 12.8 Å². The molecule has 0 unspecified atom stereocenters. The van der Waals surface area contributed by atoms with E-state index >= 15 is 0 Å². The highest BCUT2D eigenvalue weighted by molar-refractivity contribution is 9.10. The molecule has 0 amide bonds. The fraction of sp³-hybridized carbons (Fsp3) is 0.500. The molecular formula is C12H15BrN2O3. The van der Waals surface area contributed by atoms with Crippen molar-refractivity contribution >= 4 is 21.6 Å². The Balaban J connectivity index is 1.93. The van der Waals surface area contributed by atoms with Crippen molar-refractivity contribution in [2.45, 2.75) is 38.3 Å². The number of halogens is 1. The molecule has 1 fully saturated rings. The molecule has 5 nitrogen and oxygen atoms in total. The summed E-state index contributed by atoms with van der Waals surface area (Å²) in [5.41, 5.74) is 3.57. The fourth-order valence-electron chi connectivity index (χ4n) is 2.10. The molecule has 1 N–H and O–H groups in total. The largest absolute Gasteiger partial charge is 0.298 e. The lowest BCUT2D eigenvalue weighted by atomic mass is 10.2. The number of hydrogen-bond donors (Lipinski definition) is 1. The third-order valence-corrected chi connectivity index (χ3v) is 3.55. The molecule has 1 saturated carbocycles. The minimum absolute atomic E-state index is 0.104. The molecule has 1 aromatic carbocycles. The van der Waals surface area contributed by atoms with Crippen LogP contribution in [0.15, 0.2) is 22.7 Å². The molecular weight excluding hydrogens is 300 g/mol. The molecule has 0 atom stereocenters. The van der Waals surface area contributed by atoms with Gasteiger partial charge in [-0.3, -0.25) is 15.0 Å². The number of nitro benzene ring substituents is 1. The first-order valence-corrected chi connectivity index (χ1v) is 6.77. The average molecular weight is 315 g/mol. The van der Waals surface area contributed by atoms with E-state index in [1.165, 1.54) is 18.9 Å². The van der Waals surface area contributed by atoms with E-state index in [-0.39, 0.29) is 16.7 Å². The first kappa shape index (κ1) is 13.5. The molecule has 0 saturated heterocycles. The smallest absolute Gasteiger partial charge is 0.275 e. The van der Waals surface area contributed by atoms with E-state index in [2.05, 4.69) is 21.4 Å².